The molecule has 0 spiro atoms. The molecule has 2 N–H and O–H groups in total. The van der Waals surface area contributed by atoms with Crippen molar-refractivity contribution in [2.24, 2.45) is 0 Å². The lowest BCUT2D eigenvalue weighted by atomic mass is 10.2. The zero-order valence-electron chi connectivity index (χ0n) is 11.1. The third-order valence-corrected chi connectivity index (χ3v) is 2.96. The normalized spacial score (nSPS) is 10.0. The SMILES string of the molecule is CC(=O)Nc1ccc(C(=O)Nc2cccc(Cl)c2F)cc1. The topological polar surface area (TPSA) is 58.2 Å². The Labute approximate surface area is 125 Å². The van der Waals surface area contributed by atoms with Gasteiger partial charge in [0.05, 0.1) is 10.7 Å². The van der Waals surface area contributed by atoms with Crippen LogP contribution in [0.15, 0.2) is 42.5 Å². The maximum absolute atomic E-state index is 13.7. The predicted octanol–water partition coefficient (Wildman–Crippen LogP) is 3.69. The standard InChI is InChI=1S/C15H12ClFN2O2/c1-9(20)18-11-7-5-10(6-8-11)15(21)19-13-4-2-3-12(16)14(13)17/h2-8H,1H3,(H,18,20)(H,19,21). The minimum atomic E-state index is -0.678. The molecule has 108 valence electrons. The number of amides is 2. The van der Waals surface area contributed by atoms with E-state index in [2.05, 4.69) is 10.6 Å². The first-order valence-corrected chi connectivity index (χ1v) is 6.48. The number of carbonyl (C=O) groups is 2. The molecule has 6 heteroatoms. The highest BCUT2D eigenvalue weighted by molar-refractivity contribution is 6.31. The van der Waals surface area contributed by atoms with Gasteiger partial charge in [-0.1, -0.05) is 17.7 Å². The summed E-state index contributed by atoms with van der Waals surface area (Å²) >= 11 is 5.65. The van der Waals surface area contributed by atoms with Crippen molar-refractivity contribution in [1.82, 2.24) is 0 Å². The number of rotatable bonds is 3. The monoisotopic (exact) mass is 306 g/mol. The average Bonchev–Trinajstić information content (AvgIpc) is 2.44. The van der Waals surface area contributed by atoms with Crippen molar-refractivity contribution in [2.45, 2.75) is 6.92 Å². The van der Waals surface area contributed by atoms with Crippen LogP contribution in [0.3, 0.4) is 0 Å². The summed E-state index contributed by atoms with van der Waals surface area (Å²) in [5, 5.41) is 4.97. The fourth-order valence-corrected chi connectivity index (χ4v) is 1.88. The first-order valence-electron chi connectivity index (χ1n) is 6.10. The van der Waals surface area contributed by atoms with Gasteiger partial charge in [-0.15, -0.1) is 0 Å². The Bertz CT molecular complexity index is 687. The van der Waals surface area contributed by atoms with Crippen molar-refractivity contribution in [1.29, 1.82) is 0 Å². The fraction of sp³-hybridized carbons (Fsp3) is 0.0667. The smallest absolute Gasteiger partial charge is 0.255 e. The van der Waals surface area contributed by atoms with Crippen LogP contribution < -0.4 is 10.6 Å². The first-order chi connectivity index (χ1) is 9.97. The van der Waals surface area contributed by atoms with Crippen molar-refractivity contribution in [2.75, 3.05) is 10.6 Å². The molecule has 0 aliphatic rings. The van der Waals surface area contributed by atoms with Gasteiger partial charge in [0.2, 0.25) is 5.91 Å². The van der Waals surface area contributed by atoms with Crippen LogP contribution in [0.4, 0.5) is 15.8 Å². The maximum atomic E-state index is 13.7. The number of halogens is 2. The van der Waals surface area contributed by atoms with Crippen LogP contribution in [0.5, 0.6) is 0 Å². The quantitative estimate of drug-likeness (QED) is 0.908. The summed E-state index contributed by atoms with van der Waals surface area (Å²) in [4.78, 5) is 22.9. The maximum Gasteiger partial charge on any atom is 0.255 e. The van der Waals surface area contributed by atoms with Gasteiger partial charge in [-0.3, -0.25) is 9.59 Å². The van der Waals surface area contributed by atoms with Crippen LogP contribution in [0.25, 0.3) is 0 Å². The molecule has 2 aromatic carbocycles. The first kappa shape index (κ1) is 15.0. The number of hydrogen-bond acceptors (Lipinski definition) is 2. The summed E-state index contributed by atoms with van der Waals surface area (Å²) in [5.74, 6) is -1.35. The van der Waals surface area contributed by atoms with E-state index in [1.807, 2.05) is 0 Å². The van der Waals surface area contributed by atoms with Crippen LogP contribution in [-0.4, -0.2) is 11.8 Å². The van der Waals surface area contributed by atoms with E-state index < -0.39 is 11.7 Å². The molecule has 0 fully saturated rings. The van der Waals surface area contributed by atoms with Gasteiger partial charge in [-0.2, -0.15) is 0 Å². The summed E-state index contributed by atoms with van der Waals surface area (Å²) in [6.07, 6.45) is 0. The third-order valence-electron chi connectivity index (χ3n) is 2.67. The Balaban J connectivity index is 2.13. The minimum Gasteiger partial charge on any atom is -0.326 e. The van der Waals surface area contributed by atoms with Gasteiger partial charge in [-0.05, 0) is 36.4 Å². The molecule has 0 radical (unpaired) electrons. The van der Waals surface area contributed by atoms with Crippen molar-refractivity contribution in [3.8, 4) is 0 Å². The molecule has 0 bridgehead atoms. The van der Waals surface area contributed by atoms with E-state index in [0.29, 0.717) is 11.3 Å². The van der Waals surface area contributed by atoms with Gasteiger partial charge in [0.25, 0.3) is 5.91 Å². The van der Waals surface area contributed by atoms with E-state index in [-0.39, 0.29) is 16.6 Å². The molecule has 0 saturated heterocycles. The van der Waals surface area contributed by atoms with Crippen molar-refractivity contribution >= 4 is 34.8 Å². The molecule has 0 aliphatic heterocycles. The molecule has 0 aliphatic carbocycles. The molecule has 21 heavy (non-hydrogen) atoms. The molecule has 2 rings (SSSR count). The third kappa shape index (κ3) is 3.79. The summed E-state index contributed by atoms with van der Waals surface area (Å²) in [6, 6.07) is 10.6. The summed E-state index contributed by atoms with van der Waals surface area (Å²) in [7, 11) is 0. The van der Waals surface area contributed by atoms with Crippen LogP contribution in [0, 0.1) is 5.82 Å². The van der Waals surface area contributed by atoms with Gasteiger partial charge in [0.1, 0.15) is 0 Å². The van der Waals surface area contributed by atoms with Gasteiger partial charge < -0.3 is 10.6 Å². The van der Waals surface area contributed by atoms with Crippen molar-refractivity contribution < 1.29 is 14.0 Å². The highest BCUT2D eigenvalue weighted by atomic mass is 35.5. The number of benzene rings is 2. The molecule has 0 aromatic heterocycles. The second kappa shape index (κ2) is 6.37. The van der Waals surface area contributed by atoms with Gasteiger partial charge in [-0.25, -0.2) is 4.39 Å². The number of anilines is 2. The van der Waals surface area contributed by atoms with Crippen LogP contribution in [0.2, 0.25) is 5.02 Å². The Morgan fingerprint density at radius 2 is 1.71 bits per heavy atom. The number of hydrogen-bond donors (Lipinski definition) is 2. The Hall–Kier alpha value is -2.40. The van der Waals surface area contributed by atoms with Crippen LogP contribution in [0.1, 0.15) is 17.3 Å². The Morgan fingerprint density at radius 3 is 2.33 bits per heavy atom. The molecule has 0 heterocycles. The molecule has 2 amide bonds. The lowest BCUT2D eigenvalue weighted by Gasteiger charge is -2.08. The summed E-state index contributed by atoms with van der Waals surface area (Å²) < 4.78 is 13.7. The van der Waals surface area contributed by atoms with E-state index >= 15 is 0 Å². The predicted molar refractivity (Wildman–Crippen MR) is 80.1 cm³/mol. The Morgan fingerprint density at radius 1 is 1.05 bits per heavy atom. The van der Waals surface area contributed by atoms with Crippen molar-refractivity contribution in [3.05, 3.63) is 58.9 Å². The van der Waals surface area contributed by atoms with E-state index in [1.165, 1.54) is 31.2 Å². The fourth-order valence-electron chi connectivity index (χ4n) is 1.70. The molecular weight excluding hydrogens is 295 g/mol. The zero-order valence-corrected chi connectivity index (χ0v) is 11.9. The highest BCUT2D eigenvalue weighted by Gasteiger charge is 2.11. The lowest BCUT2D eigenvalue weighted by molar-refractivity contribution is -0.114. The van der Waals surface area contributed by atoms with Gasteiger partial charge in [0.15, 0.2) is 5.82 Å². The molecular formula is C15H12ClFN2O2. The molecule has 4 nitrogen and oxygen atoms in total. The molecule has 0 unspecified atom stereocenters. The second-order valence-corrected chi connectivity index (χ2v) is 4.72. The molecule has 2 aromatic rings. The number of nitrogens with one attached hydrogen (secondary N) is 2. The largest absolute Gasteiger partial charge is 0.326 e. The number of carbonyl (C=O) groups excluding carboxylic acids is 2. The lowest BCUT2D eigenvalue weighted by Crippen LogP contribution is -2.13. The summed E-state index contributed by atoms with van der Waals surface area (Å²) in [6.45, 7) is 1.39. The van der Waals surface area contributed by atoms with E-state index in [0.717, 1.165) is 0 Å². The van der Waals surface area contributed by atoms with Crippen LogP contribution >= 0.6 is 11.6 Å². The molecule has 0 atom stereocenters. The van der Waals surface area contributed by atoms with Crippen LogP contribution in [-0.2, 0) is 4.79 Å². The summed E-state index contributed by atoms with van der Waals surface area (Å²) in [5.41, 5.74) is 0.926. The Kier molecular flexibility index (Phi) is 4.55. The van der Waals surface area contributed by atoms with E-state index in [1.54, 1.807) is 18.2 Å². The second-order valence-electron chi connectivity index (χ2n) is 4.31. The van der Waals surface area contributed by atoms with E-state index in [9.17, 15) is 14.0 Å². The molecule has 0 saturated carbocycles. The van der Waals surface area contributed by atoms with Crippen molar-refractivity contribution in [3.63, 3.8) is 0 Å². The highest BCUT2D eigenvalue weighted by Crippen LogP contribution is 2.22. The van der Waals surface area contributed by atoms with Gasteiger partial charge in [0, 0.05) is 18.2 Å². The zero-order chi connectivity index (χ0) is 15.4. The van der Waals surface area contributed by atoms with E-state index in [4.69, 9.17) is 11.6 Å². The average molecular weight is 307 g/mol. The minimum absolute atomic E-state index is 0.0124. The van der Waals surface area contributed by atoms with Gasteiger partial charge >= 0.3 is 0 Å².